The fourth-order valence-electron chi connectivity index (χ4n) is 2.79. The molecule has 0 aliphatic carbocycles. The Morgan fingerprint density at radius 3 is 2.80 bits per heavy atom. The lowest BCUT2D eigenvalue weighted by Gasteiger charge is -2.22. The topological polar surface area (TPSA) is 56.1 Å². The summed E-state index contributed by atoms with van der Waals surface area (Å²) in [7, 11) is 0. The number of aromatic nitrogens is 2. The highest BCUT2D eigenvalue weighted by Crippen LogP contribution is 2.26. The van der Waals surface area contributed by atoms with E-state index in [9.17, 15) is 18.0 Å². The molecule has 1 aromatic carbocycles. The highest BCUT2D eigenvalue weighted by molar-refractivity contribution is 5.76. The van der Waals surface area contributed by atoms with Gasteiger partial charge in [-0.1, -0.05) is 30.3 Å². The number of rotatable bonds is 5. The molecule has 0 bridgehead atoms. The lowest BCUT2D eigenvalue weighted by atomic mass is 10.1. The van der Waals surface area contributed by atoms with Gasteiger partial charge in [-0.3, -0.25) is 9.48 Å². The molecule has 0 unspecified atom stereocenters. The van der Waals surface area contributed by atoms with Crippen molar-refractivity contribution in [2.75, 3.05) is 13.2 Å². The smallest absolute Gasteiger partial charge is 0.370 e. The number of halogens is 3. The van der Waals surface area contributed by atoms with Gasteiger partial charge in [0.25, 0.3) is 0 Å². The van der Waals surface area contributed by atoms with Gasteiger partial charge in [-0.2, -0.15) is 18.3 Å². The number of hydrogen-bond donors (Lipinski definition) is 1. The number of hydrogen-bond acceptors (Lipinski definition) is 3. The molecule has 25 heavy (non-hydrogen) atoms. The molecular weight excluding hydrogens is 335 g/mol. The molecule has 5 nitrogen and oxygen atoms in total. The number of ether oxygens (including phenoxy) is 1. The van der Waals surface area contributed by atoms with Gasteiger partial charge in [-0.15, -0.1) is 0 Å². The average Bonchev–Trinajstić information content (AvgIpc) is 2.95. The van der Waals surface area contributed by atoms with E-state index in [0.29, 0.717) is 25.3 Å². The van der Waals surface area contributed by atoms with Gasteiger partial charge >= 0.3 is 6.18 Å². The molecule has 0 fully saturated rings. The lowest BCUT2D eigenvalue weighted by Crippen LogP contribution is -2.34. The number of carbonyl (C=O) groups excluding carboxylic acids is 1. The van der Waals surface area contributed by atoms with E-state index in [0.717, 1.165) is 11.1 Å². The Hall–Kier alpha value is -2.35. The van der Waals surface area contributed by atoms with Gasteiger partial charge in [-0.25, -0.2) is 0 Å². The van der Waals surface area contributed by atoms with Crippen LogP contribution in [0.1, 0.15) is 29.3 Å². The van der Waals surface area contributed by atoms with Crippen LogP contribution in [0, 0.1) is 0 Å². The van der Waals surface area contributed by atoms with Crippen LogP contribution in [0.5, 0.6) is 0 Å². The molecule has 0 radical (unpaired) electrons. The van der Waals surface area contributed by atoms with Crippen LogP contribution in [-0.2, 0) is 22.5 Å². The predicted molar refractivity (Wildman–Crippen MR) is 83.8 cm³/mol. The molecule has 1 aliphatic rings. The number of nitrogens with zero attached hydrogens (tertiary/aromatic N) is 2. The van der Waals surface area contributed by atoms with Crippen molar-refractivity contribution in [2.24, 2.45) is 0 Å². The lowest BCUT2D eigenvalue weighted by molar-refractivity contribution is -0.154. The number of amides is 1. The van der Waals surface area contributed by atoms with E-state index < -0.39 is 24.6 Å². The first kappa shape index (κ1) is 17.5. The number of carbonyl (C=O) groups is 1. The zero-order valence-corrected chi connectivity index (χ0v) is 13.4. The first-order chi connectivity index (χ1) is 11.9. The molecule has 134 valence electrons. The Morgan fingerprint density at radius 2 is 2.08 bits per heavy atom. The summed E-state index contributed by atoms with van der Waals surface area (Å²) in [6.45, 7) is 1.02. The maximum Gasteiger partial charge on any atom is 0.397 e. The van der Waals surface area contributed by atoms with Crippen molar-refractivity contribution in [3.63, 3.8) is 0 Å². The van der Waals surface area contributed by atoms with E-state index in [4.69, 9.17) is 4.74 Å². The standard InChI is InChI=1S/C17H18F3N3O2/c18-17(19,20)8-15(24)21-9-14-16-13(6-7-25-14)11-23(22-16)10-12-4-2-1-3-5-12/h1-5,11,14H,6-10H2,(H,21,24)/t14-/m1/s1. The molecule has 0 saturated heterocycles. The van der Waals surface area contributed by atoms with Crippen LogP contribution in [0.3, 0.4) is 0 Å². The summed E-state index contributed by atoms with van der Waals surface area (Å²) < 4.78 is 44.0. The van der Waals surface area contributed by atoms with Gasteiger partial charge < -0.3 is 10.1 Å². The van der Waals surface area contributed by atoms with Gasteiger partial charge in [0, 0.05) is 12.7 Å². The zero-order chi connectivity index (χ0) is 17.9. The fraction of sp³-hybridized carbons (Fsp3) is 0.412. The molecule has 1 atom stereocenters. The van der Waals surface area contributed by atoms with E-state index in [-0.39, 0.29) is 6.54 Å². The predicted octanol–water partition coefficient (Wildman–Crippen LogP) is 2.61. The first-order valence-corrected chi connectivity index (χ1v) is 7.96. The summed E-state index contributed by atoms with van der Waals surface area (Å²) in [6.07, 6.45) is -3.92. The van der Waals surface area contributed by atoms with Crippen LogP contribution < -0.4 is 5.32 Å². The number of alkyl halides is 3. The third-order valence-electron chi connectivity index (χ3n) is 3.90. The molecule has 1 amide bonds. The highest BCUT2D eigenvalue weighted by atomic mass is 19.4. The molecule has 3 rings (SSSR count). The molecule has 2 aromatic rings. The van der Waals surface area contributed by atoms with Crippen LogP contribution >= 0.6 is 0 Å². The van der Waals surface area contributed by atoms with Crippen molar-refractivity contribution in [3.05, 3.63) is 53.3 Å². The van der Waals surface area contributed by atoms with Gasteiger partial charge in [0.15, 0.2) is 0 Å². The number of fused-ring (bicyclic) bond motifs is 1. The molecular formula is C17H18F3N3O2. The van der Waals surface area contributed by atoms with Crippen molar-refractivity contribution in [1.82, 2.24) is 15.1 Å². The number of nitrogens with one attached hydrogen (secondary N) is 1. The van der Waals surface area contributed by atoms with E-state index in [2.05, 4.69) is 10.4 Å². The van der Waals surface area contributed by atoms with Crippen molar-refractivity contribution >= 4 is 5.91 Å². The van der Waals surface area contributed by atoms with Gasteiger partial charge in [-0.05, 0) is 17.5 Å². The molecule has 1 aliphatic heterocycles. The van der Waals surface area contributed by atoms with Crippen LogP contribution in [-0.4, -0.2) is 35.0 Å². The van der Waals surface area contributed by atoms with E-state index in [1.54, 1.807) is 4.68 Å². The molecule has 1 N–H and O–H groups in total. The van der Waals surface area contributed by atoms with Crippen molar-refractivity contribution in [3.8, 4) is 0 Å². The maximum absolute atomic E-state index is 12.2. The summed E-state index contributed by atoms with van der Waals surface area (Å²) in [6, 6.07) is 9.81. The van der Waals surface area contributed by atoms with E-state index >= 15 is 0 Å². The first-order valence-electron chi connectivity index (χ1n) is 7.96. The van der Waals surface area contributed by atoms with Crippen LogP contribution in [0.15, 0.2) is 36.5 Å². The summed E-state index contributed by atoms with van der Waals surface area (Å²) in [4.78, 5) is 11.3. The minimum absolute atomic E-state index is 0.0235. The average molecular weight is 353 g/mol. The van der Waals surface area contributed by atoms with Crippen molar-refractivity contribution < 1.29 is 22.7 Å². The molecule has 0 spiro atoms. The van der Waals surface area contributed by atoms with E-state index in [1.807, 2.05) is 36.5 Å². The minimum atomic E-state index is -4.51. The Labute approximate surface area is 142 Å². The normalized spacial score (nSPS) is 17.2. The fourth-order valence-corrected chi connectivity index (χ4v) is 2.79. The van der Waals surface area contributed by atoms with Gasteiger partial charge in [0.05, 0.1) is 18.8 Å². The van der Waals surface area contributed by atoms with Crippen molar-refractivity contribution in [1.29, 1.82) is 0 Å². The Morgan fingerprint density at radius 1 is 1.32 bits per heavy atom. The third kappa shape index (κ3) is 4.82. The summed E-state index contributed by atoms with van der Waals surface area (Å²) in [5, 5.41) is 6.77. The SMILES string of the molecule is O=C(CC(F)(F)F)NC[C@H]1OCCc2cn(Cc3ccccc3)nc21. The van der Waals surface area contributed by atoms with Crippen LogP contribution in [0.2, 0.25) is 0 Å². The van der Waals surface area contributed by atoms with Gasteiger partial charge in [0.2, 0.25) is 5.91 Å². The monoisotopic (exact) mass is 353 g/mol. The minimum Gasteiger partial charge on any atom is -0.370 e. The van der Waals surface area contributed by atoms with Gasteiger partial charge in [0.1, 0.15) is 12.5 Å². The molecule has 2 heterocycles. The second kappa shape index (κ2) is 7.26. The molecule has 8 heteroatoms. The zero-order valence-electron chi connectivity index (χ0n) is 13.4. The Kier molecular flexibility index (Phi) is 5.08. The third-order valence-corrected chi connectivity index (χ3v) is 3.90. The van der Waals surface area contributed by atoms with Crippen molar-refractivity contribution in [2.45, 2.75) is 31.7 Å². The summed E-state index contributed by atoms with van der Waals surface area (Å²) in [5.41, 5.74) is 2.77. The summed E-state index contributed by atoms with van der Waals surface area (Å²) >= 11 is 0. The second-order valence-electron chi connectivity index (χ2n) is 5.93. The largest absolute Gasteiger partial charge is 0.397 e. The van der Waals surface area contributed by atoms with Crippen LogP contribution in [0.25, 0.3) is 0 Å². The van der Waals surface area contributed by atoms with E-state index in [1.165, 1.54) is 0 Å². The van der Waals surface area contributed by atoms with Crippen LogP contribution in [0.4, 0.5) is 13.2 Å². The highest BCUT2D eigenvalue weighted by Gasteiger charge is 2.32. The molecule has 0 saturated carbocycles. The maximum atomic E-state index is 12.2. The quantitative estimate of drug-likeness (QED) is 0.899. The Bertz CT molecular complexity index is 728. The second-order valence-corrected chi connectivity index (χ2v) is 5.93. The molecule has 1 aromatic heterocycles. The Balaban J connectivity index is 1.64. The summed E-state index contributed by atoms with van der Waals surface area (Å²) in [5.74, 6) is -1.06. The number of benzene rings is 1.